The van der Waals surface area contributed by atoms with Gasteiger partial charge >= 0.3 is 0 Å². The number of benzene rings is 1. The lowest BCUT2D eigenvalue weighted by Gasteiger charge is -2.08. The molecule has 0 amide bonds. The van der Waals surface area contributed by atoms with Crippen molar-refractivity contribution in [3.63, 3.8) is 0 Å². The number of anilines is 2. The first-order valence-corrected chi connectivity index (χ1v) is 6.50. The van der Waals surface area contributed by atoms with E-state index in [-0.39, 0.29) is 5.28 Å². The third-order valence-electron chi connectivity index (χ3n) is 2.69. The third kappa shape index (κ3) is 2.50. The van der Waals surface area contributed by atoms with Crippen LogP contribution in [0.15, 0.2) is 30.6 Å². The van der Waals surface area contributed by atoms with Gasteiger partial charge in [0, 0.05) is 5.69 Å². The van der Waals surface area contributed by atoms with Crippen LogP contribution in [0.2, 0.25) is 5.28 Å². The van der Waals surface area contributed by atoms with Crippen molar-refractivity contribution in [2.75, 3.05) is 11.9 Å². The van der Waals surface area contributed by atoms with Crippen LogP contribution in [0.1, 0.15) is 6.92 Å². The smallest absolute Gasteiger partial charge is 0.226 e. The number of rotatable bonds is 4. The van der Waals surface area contributed by atoms with E-state index in [2.05, 4.69) is 25.3 Å². The molecule has 0 saturated heterocycles. The Labute approximate surface area is 120 Å². The number of ether oxygens (including phenoxy) is 1. The summed E-state index contributed by atoms with van der Waals surface area (Å²) in [6.07, 6.45) is 1.55. The molecule has 1 aromatic carbocycles. The molecule has 0 aliphatic carbocycles. The second-order valence-corrected chi connectivity index (χ2v) is 4.36. The van der Waals surface area contributed by atoms with Gasteiger partial charge in [-0.05, 0) is 42.8 Å². The first-order chi connectivity index (χ1) is 9.76. The number of aromatic amines is 1. The monoisotopic (exact) mass is 289 g/mol. The van der Waals surface area contributed by atoms with Crippen LogP contribution in [0.4, 0.5) is 11.5 Å². The van der Waals surface area contributed by atoms with Gasteiger partial charge in [0.25, 0.3) is 0 Å². The van der Waals surface area contributed by atoms with E-state index in [1.165, 1.54) is 0 Å². The average molecular weight is 290 g/mol. The van der Waals surface area contributed by atoms with Crippen molar-refractivity contribution in [2.24, 2.45) is 0 Å². The predicted octanol–water partition coefficient (Wildman–Crippen LogP) is 3.15. The molecular formula is C13H12ClN5O. The Bertz CT molecular complexity index is 725. The molecule has 2 N–H and O–H groups in total. The molecule has 0 saturated carbocycles. The van der Waals surface area contributed by atoms with Crippen LogP contribution in [0.25, 0.3) is 11.2 Å². The van der Waals surface area contributed by atoms with Gasteiger partial charge in [0.05, 0.1) is 12.9 Å². The Hall–Kier alpha value is -2.34. The molecule has 0 fully saturated rings. The van der Waals surface area contributed by atoms with Crippen LogP contribution in [-0.2, 0) is 0 Å². The predicted molar refractivity (Wildman–Crippen MR) is 77.6 cm³/mol. The van der Waals surface area contributed by atoms with E-state index in [9.17, 15) is 0 Å². The summed E-state index contributed by atoms with van der Waals surface area (Å²) < 4.78 is 5.40. The number of halogens is 1. The van der Waals surface area contributed by atoms with Crippen LogP contribution < -0.4 is 10.1 Å². The van der Waals surface area contributed by atoms with Gasteiger partial charge in [-0.15, -0.1) is 0 Å². The number of nitrogens with zero attached hydrogens (tertiary/aromatic N) is 3. The Balaban J connectivity index is 1.90. The molecule has 2 aromatic heterocycles. The van der Waals surface area contributed by atoms with Crippen molar-refractivity contribution in [2.45, 2.75) is 6.92 Å². The molecule has 0 aliphatic rings. The van der Waals surface area contributed by atoms with E-state index in [0.717, 1.165) is 11.4 Å². The number of hydrogen-bond acceptors (Lipinski definition) is 5. The largest absolute Gasteiger partial charge is 0.494 e. The van der Waals surface area contributed by atoms with Gasteiger partial charge in [0.1, 0.15) is 11.3 Å². The third-order valence-corrected chi connectivity index (χ3v) is 2.86. The summed E-state index contributed by atoms with van der Waals surface area (Å²) in [6.45, 7) is 2.59. The van der Waals surface area contributed by atoms with Crippen LogP contribution in [0, 0.1) is 0 Å². The zero-order valence-corrected chi connectivity index (χ0v) is 11.5. The quantitative estimate of drug-likeness (QED) is 0.722. The fraction of sp³-hybridized carbons (Fsp3) is 0.154. The van der Waals surface area contributed by atoms with Crippen molar-refractivity contribution >= 4 is 34.3 Å². The minimum atomic E-state index is 0.151. The summed E-state index contributed by atoms with van der Waals surface area (Å²) in [5.41, 5.74) is 2.11. The van der Waals surface area contributed by atoms with E-state index < -0.39 is 0 Å². The molecule has 0 aliphatic heterocycles. The average Bonchev–Trinajstić information content (AvgIpc) is 2.89. The molecule has 2 heterocycles. The van der Waals surface area contributed by atoms with E-state index in [1.807, 2.05) is 31.2 Å². The van der Waals surface area contributed by atoms with Crippen LogP contribution in [0.3, 0.4) is 0 Å². The van der Waals surface area contributed by atoms with E-state index in [4.69, 9.17) is 16.3 Å². The van der Waals surface area contributed by atoms with Crippen molar-refractivity contribution < 1.29 is 4.74 Å². The molecule has 0 spiro atoms. The van der Waals surface area contributed by atoms with E-state index >= 15 is 0 Å². The first-order valence-electron chi connectivity index (χ1n) is 6.13. The van der Waals surface area contributed by atoms with Crippen LogP contribution in [-0.4, -0.2) is 26.5 Å². The minimum absolute atomic E-state index is 0.151. The lowest BCUT2D eigenvalue weighted by atomic mass is 10.3. The Morgan fingerprint density at radius 3 is 2.80 bits per heavy atom. The molecule has 0 atom stereocenters. The van der Waals surface area contributed by atoms with Gasteiger partial charge in [-0.3, -0.25) is 0 Å². The second-order valence-electron chi connectivity index (χ2n) is 4.02. The highest BCUT2D eigenvalue weighted by atomic mass is 35.5. The highest BCUT2D eigenvalue weighted by molar-refractivity contribution is 6.28. The van der Waals surface area contributed by atoms with Gasteiger partial charge in [0.2, 0.25) is 5.28 Å². The molecule has 6 nitrogen and oxygen atoms in total. The molecular weight excluding hydrogens is 278 g/mol. The maximum atomic E-state index is 5.88. The van der Waals surface area contributed by atoms with Crippen molar-refractivity contribution in [1.82, 2.24) is 19.9 Å². The number of nitrogens with one attached hydrogen (secondary N) is 2. The molecule has 3 rings (SSSR count). The maximum Gasteiger partial charge on any atom is 0.226 e. The topological polar surface area (TPSA) is 75.7 Å². The van der Waals surface area contributed by atoms with Crippen molar-refractivity contribution in [3.8, 4) is 5.75 Å². The molecule has 102 valence electrons. The molecule has 0 radical (unpaired) electrons. The molecule has 0 unspecified atom stereocenters. The Morgan fingerprint density at radius 1 is 1.25 bits per heavy atom. The SMILES string of the molecule is CCOc1ccc(Nc2nc(Cl)nc3nc[nH]c23)cc1. The summed E-state index contributed by atoms with van der Waals surface area (Å²) >= 11 is 5.88. The zero-order chi connectivity index (χ0) is 13.9. The molecule has 0 bridgehead atoms. The summed E-state index contributed by atoms with van der Waals surface area (Å²) in [4.78, 5) is 15.3. The van der Waals surface area contributed by atoms with E-state index in [0.29, 0.717) is 23.6 Å². The van der Waals surface area contributed by atoms with E-state index in [1.54, 1.807) is 6.33 Å². The van der Waals surface area contributed by atoms with Gasteiger partial charge in [-0.1, -0.05) is 0 Å². The number of H-pyrrole nitrogens is 1. The zero-order valence-electron chi connectivity index (χ0n) is 10.7. The highest BCUT2D eigenvalue weighted by Gasteiger charge is 2.09. The summed E-state index contributed by atoms with van der Waals surface area (Å²) in [6, 6.07) is 7.59. The fourth-order valence-electron chi connectivity index (χ4n) is 1.83. The van der Waals surface area contributed by atoms with Crippen LogP contribution in [0.5, 0.6) is 5.75 Å². The number of imidazole rings is 1. The van der Waals surface area contributed by atoms with Gasteiger partial charge < -0.3 is 15.0 Å². The molecule has 3 aromatic rings. The lowest BCUT2D eigenvalue weighted by molar-refractivity contribution is 0.340. The lowest BCUT2D eigenvalue weighted by Crippen LogP contribution is -1.97. The molecule has 7 heteroatoms. The molecule has 20 heavy (non-hydrogen) atoms. The number of aromatic nitrogens is 4. The second kappa shape index (κ2) is 5.34. The van der Waals surface area contributed by atoms with Crippen molar-refractivity contribution in [1.29, 1.82) is 0 Å². The van der Waals surface area contributed by atoms with Crippen molar-refractivity contribution in [3.05, 3.63) is 35.9 Å². The number of fused-ring (bicyclic) bond motifs is 1. The number of hydrogen-bond donors (Lipinski definition) is 2. The maximum absolute atomic E-state index is 5.88. The summed E-state index contributed by atoms with van der Waals surface area (Å²) in [5, 5.41) is 3.33. The minimum Gasteiger partial charge on any atom is -0.494 e. The normalized spacial score (nSPS) is 10.7. The standard InChI is InChI=1S/C13H12ClN5O/c1-2-20-9-5-3-8(4-6-9)17-12-10-11(16-7-15-10)18-13(14)19-12/h3-7H,2H2,1H3,(H2,15,16,17,18,19). The van der Waals surface area contributed by atoms with Crippen LogP contribution >= 0.6 is 11.6 Å². The fourth-order valence-corrected chi connectivity index (χ4v) is 2.00. The first kappa shape index (κ1) is 12.7. The summed E-state index contributed by atoms with van der Waals surface area (Å²) in [5.74, 6) is 1.41. The Morgan fingerprint density at radius 2 is 2.05 bits per heavy atom. The Kier molecular flexibility index (Phi) is 3.39. The van der Waals surface area contributed by atoms with Gasteiger partial charge in [-0.25, -0.2) is 4.98 Å². The summed E-state index contributed by atoms with van der Waals surface area (Å²) in [7, 11) is 0. The highest BCUT2D eigenvalue weighted by Crippen LogP contribution is 2.24. The van der Waals surface area contributed by atoms with Gasteiger partial charge in [-0.2, -0.15) is 9.97 Å². The van der Waals surface area contributed by atoms with Gasteiger partial charge in [0.15, 0.2) is 11.5 Å².